The van der Waals surface area contributed by atoms with Gasteiger partial charge in [0.25, 0.3) is 0 Å². The summed E-state index contributed by atoms with van der Waals surface area (Å²) in [7, 11) is 0. The molecule has 2 aromatic rings. The van der Waals surface area contributed by atoms with Crippen LogP contribution >= 0.6 is 27.7 Å². The highest BCUT2D eigenvalue weighted by atomic mass is 79.9. The van der Waals surface area contributed by atoms with Gasteiger partial charge in [0.2, 0.25) is 0 Å². The summed E-state index contributed by atoms with van der Waals surface area (Å²) in [6.07, 6.45) is 3.63. The monoisotopic (exact) mass is 327 g/mol. The van der Waals surface area contributed by atoms with Gasteiger partial charge in [0.05, 0.1) is 0 Å². The number of thioether (sulfide) groups is 1. The summed E-state index contributed by atoms with van der Waals surface area (Å²) in [5.41, 5.74) is 6.73. The van der Waals surface area contributed by atoms with Gasteiger partial charge in [-0.15, -0.1) is 10.2 Å². The van der Waals surface area contributed by atoms with E-state index in [-0.39, 0.29) is 0 Å². The molecule has 0 fully saturated rings. The first kappa shape index (κ1) is 13.5. The standard InChI is InChI=1S/C11H14BrN5S/c1-8-15-16-11(17(8)3-2-13)18-7-9-4-10(12)6-14-5-9/h4-6H,2-3,7,13H2,1H3. The molecule has 0 saturated carbocycles. The number of pyridine rings is 1. The van der Waals surface area contributed by atoms with Crippen molar-refractivity contribution in [2.24, 2.45) is 5.73 Å². The van der Waals surface area contributed by atoms with Gasteiger partial charge >= 0.3 is 0 Å². The quantitative estimate of drug-likeness (QED) is 0.850. The van der Waals surface area contributed by atoms with Crippen LogP contribution in [0, 0.1) is 6.92 Å². The number of halogens is 1. The normalized spacial score (nSPS) is 10.8. The zero-order valence-electron chi connectivity index (χ0n) is 10.0. The van der Waals surface area contributed by atoms with Gasteiger partial charge in [0.1, 0.15) is 5.82 Å². The van der Waals surface area contributed by atoms with Gasteiger partial charge in [-0.2, -0.15) is 0 Å². The lowest BCUT2D eigenvalue weighted by Gasteiger charge is -2.06. The van der Waals surface area contributed by atoms with Crippen LogP contribution in [-0.4, -0.2) is 26.3 Å². The van der Waals surface area contributed by atoms with Crippen molar-refractivity contribution in [1.82, 2.24) is 19.7 Å². The Balaban J connectivity index is 2.06. The molecule has 0 saturated heterocycles. The van der Waals surface area contributed by atoms with Crippen molar-refractivity contribution in [3.63, 3.8) is 0 Å². The lowest BCUT2D eigenvalue weighted by atomic mass is 10.3. The molecule has 5 nitrogen and oxygen atoms in total. The first-order valence-corrected chi connectivity index (χ1v) is 7.30. The van der Waals surface area contributed by atoms with Crippen LogP contribution in [0.1, 0.15) is 11.4 Å². The number of rotatable bonds is 5. The Hall–Kier alpha value is -0.920. The van der Waals surface area contributed by atoms with E-state index in [2.05, 4.69) is 37.2 Å². The molecule has 96 valence electrons. The third kappa shape index (κ3) is 3.30. The number of hydrogen-bond acceptors (Lipinski definition) is 5. The second kappa shape index (κ2) is 6.31. The molecule has 0 bridgehead atoms. The average molecular weight is 328 g/mol. The van der Waals surface area contributed by atoms with Crippen LogP contribution < -0.4 is 5.73 Å². The molecule has 0 amide bonds. The number of aromatic nitrogens is 4. The van der Waals surface area contributed by atoms with E-state index < -0.39 is 0 Å². The van der Waals surface area contributed by atoms with Crippen molar-refractivity contribution in [2.45, 2.75) is 24.4 Å². The molecule has 2 heterocycles. The highest BCUT2D eigenvalue weighted by Gasteiger charge is 2.08. The molecule has 0 aliphatic heterocycles. The Bertz CT molecular complexity index is 528. The maximum Gasteiger partial charge on any atom is 0.191 e. The largest absolute Gasteiger partial charge is 0.329 e. The topological polar surface area (TPSA) is 69.6 Å². The van der Waals surface area contributed by atoms with E-state index in [0.717, 1.165) is 33.3 Å². The molecule has 0 spiro atoms. The second-order valence-electron chi connectivity index (χ2n) is 3.77. The SMILES string of the molecule is Cc1nnc(SCc2cncc(Br)c2)n1CCN. The third-order valence-corrected chi connectivity index (χ3v) is 3.86. The van der Waals surface area contributed by atoms with E-state index in [1.54, 1.807) is 18.0 Å². The van der Waals surface area contributed by atoms with Gasteiger partial charge in [-0.3, -0.25) is 4.98 Å². The fourth-order valence-corrected chi connectivity index (χ4v) is 2.88. The van der Waals surface area contributed by atoms with Gasteiger partial charge in [-0.05, 0) is 34.5 Å². The van der Waals surface area contributed by atoms with E-state index in [0.29, 0.717) is 6.54 Å². The number of nitrogens with two attached hydrogens (primary N) is 1. The molecule has 2 rings (SSSR count). The molecule has 0 aliphatic rings. The molecule has 0 aliphatic carbocycles. The Morgan fingerprint density at radius 2 is 2.22 bits per heavy atom. The number of hydrogen-bond donors (Lipinski definition) is 1. The second-order valence-corrected chi connectivity index (χ2v) is 5.63. The molecule has 0 unspecified atom stereocenters. The minimum absolute atomic E-state index is 0.588. The predicted octanol–water partition coefficient (Wildman–Crippen LogP) is 2.00. The summed E-state index contributed by atoms with van der Waals surface area (Å²) < 4.78 is 3.02. The summed E-state index contributed by atoms with van der Waals surface area (Å²) in [6, 6.07) is 2.05. The maximum absolute atomic E-state index is 5.58. The van der Waals surface area contributed by atoms with E-state index in [9.17, 15) is 0 Å². The maximum atomic E-state index is 5.58. The van der Waals surface area contributed by atoms with E-state index in [1.165, 1.54) is 0 Å². The summed E-state index contributed by atoms with van der Waals surface area (Å²) >= 11 is 5.05. The first-order chi connectivity index (χ1) is 8.70. The van der Waals surface area contributed by atoms with Gasteiger partial charge in [-0.25, -0.2) is 0 Å². The van der Waals surface area contributed by atoms with Gasteiger partial charge in [0.15, 0.2) is 5.16 Å². The Labute approximate surface area is 118 Å². The summed E-state index contributed by atoms with van der Waals surface area (Å²) in [4.78, 5) is 4.14. The third-order valence-electron chi connectivity index (χ3n) is 2.38. The molecule has 7 heteroatoms. The van der Waals surface area contributed by atoms with Crippen LogP contribution in [0.25, 0.3) is 0 Å². The van der Waals surface area contributed by atoms with Gasteiger partial charge in [0, 0.05) is 35.7 Å². The predicted molar refractivity (Wildman–Crippen MR) is 75.3 cm³/mol. The molecular weight excluding hydrogens is 314 g/mol. The van der Waals surface area contributed by atoms with Crippen molar-refractivity contribution in [2.75, 3.05) is 6.54 Å². The minimum atomic E-state index is 0.588. The van der Waals surface area contributed by atoms with Crippen molar-refractivity contribution >= 4 is 27.7 Å². The highest BCUT2D eigenvalue weighted by Crippen LogP contribution is 2.22. The highest BCUT2D eigenvalue weighted by molar-refractivity contribution is 9.10. The van der Waals surface area contributed by atoms with Crippen LogP contribution in [0.15, 0.2) is 28.1 Å². The molecular formula is C11H14BrN5S. The van der Waals surface area contributed by atoms with E-state index in [4.69, 9.17) is 5.73 Å². The van der Waals surface area contributed by atoms with Crippen LogP contribution in [-0.2, 0) is 12.3 Å². The van der Waals surface area contributed by atoms with E-state index in [1.807, 2.05) is 17.7 Å². The van der Waals surface area contributed by atoms with Gasteiger partial charge in [-0.1, -0.05) is 11.8 Å². The van der Waals surface area contributed by atoms with E-state index >= 15 is 0 Å². The van der Waals surface area contributed by atoms with Crippen molar-refractivity contribution in [3.05, 3.63) is 34.3 Å². The molecule has 0 radical (unpaired) electrons. The smallest absolute Gasteiger partial charge is 0.191 e. The van der Waals surface area contributed by atoms with Crippen LogP contribution in [0.4, 0.5) is 0 Å². The Morgan fingerprint density at radius 1 is 1.39 bits per heavy atom. The molecule has 0 atom stereocenters. The summed E-state index contributed by atoms with van der Waals surface area (Å²) in [5, 5.41) is 9.14. The zero-order chi connectivity index (χ0) is 13.0. The Kier molecular flexibility index (Phi) is 4.73. The lowest BCUT2D eigenvalue weighted by Crippen LogP contribution is -2.12. The minimum Gasteiger partial charge on any atom is -0.329 e. The number of aryl methyl sites for hydroxylation is 1. The molecule has 0 aromatic carbocycles. The van der Waals surface area contributed by atoms with Crippen LogP contribution in [0.5, 0.6) is 0 Å². The van der Waals surface area contributed by atoms with Crippen LogP contribution in [0.3, 0.4) is 0 Å². The van der Waals surface area contributed by atoms with Gasteiger partial charge < -0.3 is 10.3 Å². The molecule has 2 N–H and O–H groups in total. The van der Waals surface area contributed by atoms with Crippen molar-refractivity contribution in [3.8, 4) is 0 Å². The number of nitrogens with zero attached hydrogens (tertiary/aromatic N) is 4. The van der Waals surface area contributed by atoms with Crippen LogP contribution in [0.2, 0.25) is 0 Å². The van der Waals surface area contributed by atoms with Crippen molar-refractivity contribution in [1.29, 1.82) is 0 Å². The first-order valence-electron chi connectivity index (χ1n) is 5.53. The lowest BCUT2D eigenvalue weighted by molar-refractivity contribution is 0.627. The Morgan fingerprint density at radius 3 is 2.94 bits per heavy atom. The fraction of sp³-hybridized carbons (Fsp3) is 0.364. The zero-order valence-corrected chi connectivity index (χ0v) is 12.4. The average Bonchev–Trinajstić information content (AvgIpc) is 2.69. The summed E-state index contributed by atoms with van der Waals surface area (Å²) in [5.74, 6) is 1.71. The fourth-order valence-electron chi connectivity index (χ4n) is 1.54. The molecule has 2 aromatic heterocycles. The summed E-state index contributed by atoms with van der Waals surface area (Å²) in [6.45, 7) is 3.27. The van der Waals surface area contributed by atoms with Crippen molar-refractivity contribution < 1.29 is 0 Å². The molecule has 18 heavy (non-hydrogen) atoms.